The first-order valence-corrected chi connectivity index (χ1v) is 13.2. The highest BCUT2D eigenvalue weighted by atomic mass is 19.1. The summed E-state index contributed by atoms with van der Waals surface area (Å²) in [5.74, 6) is 0.393. The Kier molecular flexibility index (Phi) is 7.54. The van der Waals surface area contributed by atoms with Crippen molar-refractivity contribution in [2.45, 2.75) is 57.7 Å². The van der Waals surface area contributed by atoms with Crippen molar-refractivity contribution in [3.8, 4) is 5.75 Å². The van der Waals surface area contributed by atoms with E-state index in [0.29, 0.717) is 18.8 Å². The standard InChI is InChI=1S/C31H33FN2O3/c1-21(30(35)33-20-22-11-14-26(32)15-12-22)37-27-16-13-23-17-18-34(31(36)25-9-5-6-10-25)29(28(23)19-27)24-7-3-2-4-8-24/h2-4,7-8,11-16,19,21,25,29H,5-6,9-10,17-18,20H2,1H3,(H,33,35). The van der Waals surface area contributed by atoms with Crippen LogP contribution in [0.25, 0.3) is 0 Å². The molecule has 2 atom stereocenters. The van der Waals surface area contributed by atoms with E-state index in [1.165, 1.54) is 17.7 Å². The molecular weight excluding hydrogens is 467 g/mol. The summed E-state index contributed by atoms with van der Waals surface area (Å²) in [4.78, 5) is 28.3. The average Bonchev–Trinajstić information content (AvgIpc) is 3.47. The van der Waals surface area contributed by atoms with Gasteiger partial charge in [0, 0.05) is 19.0 Å². The molecule has 0 spiro atoms. The summed E-state index contributed by atoms with van der Waals surface area (Å²) in [7, 11) is 0. The molecular formula is C31H33FN2O3. The molecule has 0 radical (unpaired) electrons. The van der Waals surface area contributed by atoms with Crippen LogP contribution in [-0.4, -0.2) is 29.4 Å². The highest BCUT2D eigenvalue weighted by Crippen LogP contribution is 2.39. The lowest BCUT2D eigenvalue weighted by Crippen LogP contribution is -2.43. The fourth-order valence-electron chi connectivity index (χ4n) is 5.50. The summed E-state index contributed by atoms with van der Waals surface area (Å²) in [6.07, 6.45) is 4.26. The number of amides is 2. The van der Waals surface area contributed by atoms with Crippen LogP contribution in [-0.2, 0) is 22.6 Å². The van der Waals surface area contributed by atoms with Crippen LogP contribution in [0.1, 0.15) is 60.9 Å². The summed E-state index contributed by atoms with van der Waals surface area (Å²) < 4.78 is 19.2. The molecule has 1 heterocycles. The van der Waals surface area contributed by atoms with Crippen LogP contribution in [0.3, 0.4) is 0 Å². The van der Waals surface area contributed by atoms with Crippen LogP contribution in [0.5, 0.6) is 5.75 Å². The minimum Gasteiger partial charge on any atom is -0.481 e. The quantitative estimate of drug-likeness (QED) is 0.461. The zero-order valence-corrected chi connectivity index (χ0v) is 21.2. The molecule has 2 amide bonds. The smallest absolute Gasteiger partial charge is 0.261 e. The van der Waals surface area contributed by atoms with Gasteiger partial charge in [-0.05, 0) is 72.7 Å². The third-order valence-electron chi connectivity index (χ3n) is 7.51. The van der Waals surface area contributed by atoms with Crippen molar-refractivity contribution < 1.29 is 18.7 Å². The number of hydrogen-bond donors (Lipinski definition) is 1. The number of rotatable bonds is 7. The number of carbonyl (C=O) groups excluding carboxylic acids is 2. The third-order valence-corrected chi connectivity index (χ3v) is 7.51. The van der Waals surface area contributed by atoms with E-state index in [4.69, 9.17) is 4.74 Å². The Balaban J connectivity index is 1.34. The van der Waals surface area contributed by atoms with Crippen molar-refractivity contribution >= 4 is 11.8 Å². The van der Waals surface area contributed by atoms with Gasteiger partial charge in [-0.25, -0.2) is 4.39 Å². The molecule has 2 aliphatic rings. The number of benzene rings is 3. The van der Waals surface area contributed by atoms with Crippen LogP contribution >= 0.6 is 0 Å². The number of fused-ring (bicyclic) bond motifs is 1. The Morgan fingerprint density at radius 3 is 2.49 bits per heavy atom. The molecule has 6 heteroatoms. The first-order valence-electron chi connectivity index (χ1n) is 13.2. The normalized spacial score (nSPS) is 18.2. The van der Waals surface area contributed by atoms with E-state index < -0.39 is 6.10 Å². The van der Waals surface area contributed by atoms with Gasteiger partial charge in [0.15, 0.2) is 6.10 Å². The van der Waals surface area contributed by atoms with Gasteiger partial charge in [-0.3, -0.25) is 9.59 Å². The molecule has 1 N–H and O–H groups in total. The second kappa shape index (κ2) is 11.2. The summed E-state index contributed by atoms with van der Waals surface area (Å²) >= 11 is 0. The molecule has 2 unspecified atom stereocenters. The SMILES string of the molecule is CC(Oc1ccc2c(c1)C(c1ccccc1)N(C(=O)C1CCCC1)CC2)C(=O)NCc1ccc(F)cc1. The lowest BCUT2D eigenvalue weighted by molar-refractivity contribution is -0.137. The van der Waals surface area contributed by atoms with Crippen molar-refractivity contribution in [2.75, 3.05) is 6.54 Å². The van der Waals surface area contributed by atoms with E-state index in [1.807, 2.05) is 30.3 Å². The maximum Gasteiger partial charge on any atom is 0.261 e. The van der Waals surface area contributed by atoms with Gasteiger partial charge in [-0.1, -0.05) is 61.4 Å². The highest BCUT2D eigenvalue weighted by molar-refractivity contribution is 5.81. The number of nitrogens with zero attached hydrogens (tertiary/aromatic N) is 1. The molecule has 0 bridgehead atoms. The predicted octanol–water partition coefficient (Wildman–Crippen LogP) is 5.57. The van der Waals surface area contributed by atoms with E-state index in [-0.39, 0.29) is 29.6 Å². The van der Waals surface area contributed by atoms with Crippen molar-refractivity contribution in [1.82, 2.24) is 10.2 Å². The fourth-order valence-corrected chi connectivity index (χ4v) is 5.50. The van der Waals surface area contributed by atoms with Crippen molar-refractivity contribution in [1.29, 1.82) is 0 Å². The zero-order chi connectivity index (χ0) is 25.8. The fraction of sp³-hybridized carbons (Fsp3) is 0.355. The minimum absolute atomic E-state index is 0.108. The summed E-state index contributed by atoms with van der Waals surface area (Å²) in [5, 5.41) is 2.85. The van der Waals surface area contributed by atoms with Gasteiger partial charge in [-0.2, -0.15) is 0 Å². The molecule has 1 fully saturated rings. The molecule has 5 nitrogen and oxygen atoms in total. The van der Waals surface area contributed by atoms with Gasteiger partial charge < -0.3 is 15.0 Å². The lowest BCUT2D eigenvalue weighted by atomic mass is 9.87. The number of hydrogen-bond acceptors (Lipinski definition) is 3. The highest BCUT2D eigenvalue weighted by Gasteiger charge is 2.36. The molecule has 0 saturated heterocycles. The van der Waals surface area contributed by atoms with Crippen LogP contribution in [0.15, 0.2) is 72.8 Å². The molecule has 1 saturated carbocycles. The van der Waals surface area contributed by atoms with Crippen molar-refractivity contribution in [3.63, 3.8) is 0 Å². The minimum atomic E-state index is -0.714. The van der Waals surface area contributed by atoms with Gasteiger partial charge in [-0.15, -0.1) is 0 Å². The third kappa shape index (κ3) is 5.68. The van der Waals surface area contributed by atoms with Crippen molar-refractivity contribution in [2.24, 2.45) is 5.92 Å². The maximum absolute atomic E-state index is 13.6. The predicted molar refractivity (Wildman–Crippen MR) is 140 cm³/mol. The summed E-state index contributed by atoms with van der Waals surface area (Å²) in [6, 6.07) is 22.0. The Bertz CT molecular complexity index is 1240. The molecule has 1 aliphatic heterocycles. The number of carbonyl (C=O) groups is 2. The average molecular weight is 501 g/mol. The second-order valence-corrected chi connectivity index (χ2v) is 10.0. The van der Waals surface area contributed by atoms with Gasteiger partial charge in [0.2, 0.25) is 5.91 Å². The molecule has 37 heavy (non-hydrogen) atoms. The van der Waals surface area contributed by atoms with Gasteiger partial charge in [0.1, 0.15) is 11.6 Å². The largest absolute Gasteiger partial charge is 0.481 e. The number of ether oxygens (including phenoxy) is 1. The van der Waals surface area contributed by atoms with Crippen LogP contribution < -0.4 is 10.1 Å². The van der Waals surface area contributed by atoms with Crippen LogP contribution in [0, 0.1) is 11.7 Å². The Hall–Kier alpha value is -3.67. The molecule has 3 aromatic carbocycles. The molecule has 192 valence electrons. The maximum atomic E-state index is 13.6. The van der Waals surface area contributed by atoms with E-state index in [0.717, 1.165) is 48.8 Å². The Morgan fingerprint density at radius 1 is 1.03 bits per heavy atom. The summed E-state index contributed by atoms with van der Waals surface area (Å²) in [5.41, 5.74) is 4.15. The second-order valence-electron chi connectivity index (χ2n) is 10.0. The van der Waals surface area contributed by atoms with E-state index >= 15 is 0 Å². The van der Waals surface area contributed by atoms with E-state index in [1.54, 1.807) is 19.1 Å². The topological polar surface area (TPSA) is 58.6 Å². The molecule has 3 aromatic rings. The Morgan fingerprint density at radius 2 is 1.76 bits per heavy atom. The summed E-state index contributed by atoms with van der Waals surface area (Å²) in [6.45, 7) is 2.71. The molecule has 5 rings (SSSR count). The van der Waals surface area contributed by atoms with Crippen LogP contribution in [0.2, 0.25) is 0 Å². The monoisotopic (exact) mass is 500 g/mol. The van der Waals surface area contributed by atoms with E-state index in [9.17, 15) is 14.0 Å². The van der Waals surface area contributed by atoms with E-state index in [2.05, 4.69) is 28.4 Å². The van der Waals surface area contributed by atoms with Gasteiger partial charge >= 0.3 is 0 Å². The molecule has 0 aromatic heterocycles. The number of halogens is 1. The molecule has 1 aliphatic carbocycles. The van der Waals surface area contributed by atoms with Crippen molar-refractivity contribution in [3.05, 3.63) is 101 Å². The first-order chi connectivity index (χ1) is 18.0. The Labute approximate surface area is 217 Å². The first kappa shape index (κ1) is 25.0. The lowest BCUT2D eigenvalue weighted by Gasteiger charge is -2.39. The van der Waals surface area contributed by atoms with Gasteiger partial charge in [0.25, 0.3) is 5.91 Å². The number of nitrogens with one attached hydrogen (secondary N) is 1. The zero-order valence-electron chi connectivity index (χ0n) is 21.2. The van der Waals surface area contributed by atoms with Crippen LogP contribution in [0.4, 0.5) is 4.39 Å². The van der Waals surface area contributed by atoms with Gasteiger partial charge in [0.05, 0.1) is 6.04 Å².